The van der Waals surface area contributed by atoms with E-state index in [9.17, 15) is 8.78 Å². The van der Waals surface area contributed by atoms with Gasteiger partial charge in [-0.25, -0.2) is 0 Å². The lowest BCUT2D eigenvalue weighted by Gasteiger charge is -2.10. The molecule has 0 aromatic heterocycles. The molecule has 1 unspecified atom stereocenters. The Kier molecular flexibility index (Phi) is 4.47. The van der Waals surface area contributed by atoms with Crippen LogP contribution in [0.5, 0.6) is 5.75 Å². The maximum atomic E-state index is 12.0. The summed E-state index contributed by atoms with van der Waals surface area (Å²) in [5, 5.41) is 0. The highest BCUT2D eigenvalue weighted by atomic mass is 79.9. The minimum absolute atomic E-state index is 0.0249. The van der Waals surface area contributed by atoms with Gasteiger partial charge in [-0.15, -0.1) is 0 Å². The Bertz CT molecular complexity index is 331. The highest BCUT2D eigenvalue weighted by molar-refractivity contribution is 9.10. The number of nitrogens with two attached hydrogens (primary N) is 1. The Morgan fingerprint density at radius 2 is 2.13 bits per heavy atom. The Balaban J connectivity index is 2.85. The molecule has 0 amide bonds. The van der Waals surface area contributed by atoms with E-state index in [2.05, 4.69) is 20.7 Å². The molecule has 0 spiro atoms. The molecular formula is C10H12BrF2NO. The average Bonchev–Trinajstić information content (AvgIpc) is 2.09. The molecule has 1 aromatic carbocycles. The number of ether oxygens (including phenoxy) is 1. The molecule has 0 aliphatic carbocycles. The number of halogens is 3. The lowest BCUT2D eigenvalue weighted by molar-refractivity contribution is -0.0498. The van der Waals surface area contributed by atoms with Crippen molar-refractivity contribution in [3.8, 4) is 5.75 Å². The van der Waals surface area contributed by atoms with Crippen molar-refractivity contribution < 1.29 is 13.5 Å². The van der Waals surface area contributed by atoms with Crippen LogP contribution in [-0.2, 0) is 6.42 Å². The van der Waals surface area contributed by atoms with Crippen molar-refractivity contribution in [1.29, 1.82) is 0 Å². The maximum absolute atomic E-state index is 12.0. The fourth-order valence-electron chi connectivity index (χ4n) is 1.23. The van der Waals surface area contributed by atoms with E-state index in [1.165, 1.54) is 6.07 Å². The first-order chi connectivity index (χ1) is 6.99. The van der Waals surface area contributed by atoms with E-state index in [1.54, 1.807) is 12.1 Å². The standard InChI is InChI=1S/C10H12BrF2NO/c1-6(14)4-7-5-8(15-10(12)13)2-3-9(7)11/h2-3,5-6,10H,4,14H2,1H3. The summed E-state index contributed by atoms with van der Waals surface area (Å²) in [6.45, 7) is -0.943. The molecule has 0 radical (unpaired) electrons. The zero-order valence-corrected chi connectivity index (χ0v) is 9.80. The van der Waals surface area contributed by atoms with Gasteiger partial charge < -0.3 is 10.5 Å². The molecule has 15 heavy (non-hydrogen) atoms. The molecule has 0 saturated carbocycles. The third-order valence-corrected chi connectivity index (χ3v) is 2.56. The first kappa shape index (κ1) is 12.4. The van der Waals surface area contributed by atoms with Crippen LogP contribution in [0.3, 0.4) is 0 Å². The van der Waals surface area contributed by atoms with Gasteiger partial charge in [-0.2, -0.15) is 8.78 Å². The molecule has 1 atom stereocenters. The lowest BCUT2D eigenvalue weighted by atomic mass is 10.1. The van der Waals surface area contributed by atoms with Crippen molar-refractivity contribution in [2.75, 3.05) is 0 Å². The van der Waals surface area contributed by atoms with E-state index in [0.717, 1.165) is 10.0 Å². The summed E-state index contributed by atoms with van der Waals surface area (Å²) < 4.78 is 29.1. The minimum atomic E-state index is -2.80. The number of benzene rings is 1. The molecule has 0 fully saturated rings. The molecule has 0 heterocycles. The normalized spacial score (nSPS) is 12.9. The summed E-state index contributed by atoms with van der Waals surface area (Å²) in [5.74, 6) is 0.156. The smallest absolute Gasteiger partial charge is 0.387 e. The molecule has 2 N–H and O–H groups in total. The van der Waals surface area contributed by atoms with Gasteiger partial charge in [0.15, 0.2) is 0 Å². The monoisotopic (exact) mass is 279 g/mol. The van der Waals surface area contributed by atoms with Crippen LogP contribution in [0, 0.1) is 0 Å². The third-order valence-electron chi connectivity index (χ3n) is 1.78. The zero-order chi connectivity index (χ0) is 11.4. The number of alkyl halides is 2. The summed E-state index contributed by atoms with van der Waals surface area (Å²) in [6.07, 6.45) is 0.612. The van der Waals surface area contributed by atoms with Crippen LogP contribution in [-0.4, -0.2) is 12.7 Å². The first-order valence-corrected chi connectivity index (χ1v) is 5.27. The van der Waals surface area contributed by atoms with E-state index in [0.29, 0.717) is 6.42 Å². The summed E-state index contributed by atoms with van der Waals surface area (Å²) in [7, 11) is 0. The van der Waals surface area contributed by atoms with Crippen molar-refractivity contribution in [3.05, 3.63) is 28.2 Å². The number of rotatable bonds is 4. The van der Waals surface area contributed by atoms with Gasteiger partial charge in [0.2, 0.25) is 0 Å². The van der Waals surface area contributed by atoms with Crippen LogP contribution >= 0.6 is 15.9 Å². The molecule has 84 valence electrons. The summed E-state index contributed by atoms with van der Waals surface area (Å²) >= 11 is 3.33. The summed E-state index contributed by atoms with van der Waals surface area (Å²) in [4.78, 5) is 0. The Morgan fingerprint density at radius 1 is 1.47 bits per heavy atom. The highest BCUT2D eigenvalue weighted by Crippen LogP contribution is 2.24. The molecular weight excluding hydrogens is 268 g/mol. The fraction of sp³-hybridized carbons (Fsp3) is 0.400. The van der Waals surface area contributed by atoms with Gasteiger partial charge in [0.25, 0.3) is 0 Å². The maximum Gasteiger partial charge on any atom is 0.387 e. The molecule has 1 rings (SSSR count). The van der Waals surface area contributed by atoms with Gasteiger partial charge in [0.1, 0.15) is 5.75 Å². The Hall–Kier alpha value is -0.680. The largest absolute Gasteiger partial charge is 0.435 e. The van der Waals surface area contributed by atoms with Gasteiger partial charge in [-0.05, 0) is 37.1 Å². The topological polar surface area (TPSA) is 35.2 Å². The number of hydrogen-bond acceptors (Lipinski definition) is 2. The second kappa shape index (κ2) is 5.42. The lowest BCUT2D eigenvalue weighted by Crippen LogP contribution is -2.18. The summed E-state index contributed by atoms with van der Waals surface area (Å²) in [6, 6.07) is 4.71. The van der Waals surface area contributed by atoms with E-state index in [4.69, 9.17) is 5.73 Å². The van der Waals surface area contributed by atoms with Crippen LogP contribution in [0.4, 0.5) is 8.78 Å². The molecule has 1 aromatic rings. The molecule has 0 aliphatic heterocycles. The quantitative estimate of drug-likeness (QED) is 0.920. The van der Waals surface area contributed by atoms with Gasteiger partial charge >= 0.3 is 6.61 Å². The van der Waals surface area contributed by atoms with Crippen LogP contribution in [0.25, 0.3) is 0 Å². The SMILES string of the molecule is CC(N)Cc1cc(OC(F)F)ccc1Br. The van der Waals surface area contributed by atoms with E-state index < -0.39 is 6.61 Å². The summed E-state index contributed by atoms with van der Waals surface area (Å²) in [5.41, 5.74) is 6.50. The third kappa shape index (κ3) is 4.13. The molecule has 0 aliphatic rings. The van der Waals surface area contributed by atoms with Crippen molar-refractivity contribution in [2.45, 2.75) is 26.0 Å². The van der Waals surface area contributed by atoms with Crippen molar-refractivity contribution in [3.63, 3.8) is 0 Å². The van der Waals surface area contributed by atoms with Crippen LogP contribution in [0.1, 0.15) is 12.5 Å². The van der Waals surface area contributed by atoms with Crippen molar-refractivity contribution in [2.24, 2.45) is 5.73 Å². The Morgan fingerprint density at radius 3 is 2.67 bits per heavy atom. The molecule has 0 saturated heterocycles. The second-order valence-corrected chi connectivity index (χ2v) is 4.17. The van der Waals surface area contributed by atoms with Crippen LogP contribution in [0.15, 0.2) is 22.7 Å². The van der Waals surface area contributed by atoms with E-state index >= 15 is 0 Å². The van der Waals surface area contributed by atoms with Gasteiger partial charge in [-0.1, -0.05) is 15.9 Å². The van der Waals surface area contributed by atoms with E-state index in [-0.39, 0.29) is 11.8 Å². The van der Waals surface area contributed by atoms with Gasteiger partial charge in [0.05, 0.1) is 0 Å². The second-order valence-electron chi connectivity index (χ2n) is 3.31. The molecule has 2 nitrogen and oxygen atoms in total. The van der Waals surface area contributed by atoms with Gasteiger partial charge in [-0.3, -0.25) is 0 Å². The average molecular weight is 280 g/mol. The Labute approximate surface area is 95.5 Å². The molecule has 5 heteroatoms. The van der Waals surface area contributed by atoms with Crippen LogP contribution < -0.4 is 10.5 Å². The predicted octanol–water partition coefficient (Wildman–Crippen LogP) is 2.94. The number of hydrogen-bond donors (Lipinski definition) is 1. The van der Waals surface area contributed by atoms with Crippen molar-refractivity contribution >= 4 is 15.9 Å². The van der Waals surface area contributed by atoms with Crippen LogP contribution in [0.2, 0.25) is 0 Å². The zero-order valence-electron chi connectivity index (χ0n) is 8.21. The highest BCUT2D eigenvalue weighted by Gasteiger charge is 2.08. The van der Waals surface area contributed by atoms with E-state index in [1.807, 2.05) is 6.92 Å². The fourth-order valence-corrected chi connectivity index (χ4v) is 1.64. The molecule has 0 bridgehead atoms. The predicted molar refractivity (Wildman–Crippen MR) is 58.1 cm³/mol. The van der Waals surface area contributed by atoms with Crippen molar-refractivity contribution in [1.82, 2.24) is 0 Å². The minimum Gasteiger partial charge on any atom is -0.435 e. The first-order valence-electron chi connectivity index (χ1n) is 4.48. The van der Waals surface area contributed by atoms with Gasteiger partial charge in [0, 0.05) is 10.5 Å².